The van der Waals surface area contributed by atoms with Crippen LogP contribution in [0, 0.1) is 0 Å². The van der Waals surface area contributed by atoms with Crippen LogP contribution in [0.1, 0.15) is 0 Å². The van der Waals surface area contributed by atoms with Gasteiger partial charge in [-0.15, -0.1) is 22.7 Å². The van der Waals surface area contributed by atoms with Gasteiger partial charge < -0.3 is 4.90 Å². The van der Waals surface area contributed by atoms with Crippen LogP contribution < -0.4 is 4.90 Å². The molecule has 0 N–H and O–H groups in total. The van der Waals surface area contributed by atoms with Crippen molar-refractivity contribution >= 4 is 90.9 Å². The number of hydrogen-bond acceptors (Lipinski definition) is 3. The summed E-state index contributed by atoms with van der Waals surface area (Å²) in [5.74, 6) is 0. The van der Waals surface area contributed by atoms with Gasteiger partial charge in [-0.1, -0.05) is 146 Å². The molecular weight excluding hydrogens is 703 g/mol. The number of rotatable bonds is 6. The minimum Gasteiger partial charge on any atom is -0.310 e. The molecule has 1 nitrogen and oxygen atoms in total. The van der Waals surface area contributed by atoms with E-state index in [-0.39, 0.29) is 0 Å². The van der Waals surface area contributed by atoms with E-state index in [1.165, 1.54) is 84.5 Å². The number of hydrogen-bond donors (Lipinski definition) is 0. The van der Waals surface area contributed by atoms with Gasteiger partial charge in [0.2, 0.25) is 0 Å². The predicted octanol–water partition coefficient (Wildman–Crippen LogP) is 16.0. The lowest BCUT2D eigenvalue weighted by Gasteiger charge is -2.28. The molecule has 0 spiro atoms. The number of thiophene rings is 2. The fourth-order valence-electron chi connectivity index (χ4n) is 8.30. The van der Waals surface area contributed by atoms with E-state index in [0.29, 0.717) is 0 Å². The second-order valence-corrected chi connectivity index (χ2v) is 16.2. The van der Waals surface area contributed by atoms with Crippen LogP contribution in [0.4, 0.5) is 17.1 Å². The van der Waals surface area contributed by atoms with Crippen molar-refractivity contribution in [3.8, 4) is 33.4 Å². The van der Waals surface area contributed by atoms with Crippen LogP contribution in [0.15, 0.2) is 200 Å². The number of benzene rings is 9. The van der Waals surface area contributed by atoms with Crippen LogP contribution in [0.3, 0.4) is 0 Å². The summed E-state index contributed by atoms with van der Waals surface area (Å²) in [6, 6.07) is 73.4. The monoisotopic (exact) mass is 735 g/mol. The molecule has 11 rings (SSSR count). The Bertz CT molecular complexity index is 3200. The highest BCUT2D eigenvalue weighted by atomic mass is 32.1. The Morgan fingerprint density at radius 3 is 1.65 bits per heavy atom. The summed E-state index contributed by atoms with van der Waals surface area (Å²) in [5.41, 5.74) is 10.7. The van der Waals surface area contributed by atoms with Gasteiger partial charge in [-0.2, -0.15) is 0 Å². The molecule has 258 valence electrons. The first-order chi connectivity index (χ1) is 27.3. The summed E-state index contributed by atoms with van der Waals surface area (Å²) < 4.78 is 5.27. The van der Waals surface area contributed by atoms with Crippen molar-refractivity contribution in [3.63, 3.8) is 0 Å². The summed E-state index contributed by atoms with van der Waals surface area (Å²) >= 11 is 3.73. The maximum absolute atomic E-state index is 2.43. The zero-order valence-electron chi connectivity index (χ0n) is 29.8. The molecule has 0 aliphatic heterocycles. The first-order valence-corrected chi connectivity index (χ1v) is 20.3. The van der Waals surface area contributed by atoms with Gasteiger partial charge in [0.15, 0.2) is 0 Å². The van der Waals surface area contributed by atoms with Crippen molar-refractivity contribution in [1.82, 2.24) is 0 Å². The molecule has 0 unspecified atom stereocenters. The van der Waals surface area contributed by atoms with E-state index >= 15 is 0 Å². The van der Waals surface area contributed by atoms with Crippen molar-refractivity contribution in [2.45, 2.75) is 0 Å². The van der Waals surface area contributed by atoms with Crippen LogP contribution in [-0.2, 0) is 0 Å². The summed E-state index contributed by atoms with van der Waals surface area (Å²) in [6.45, 7) is 0. The number of nitrogens with zero attached hydrogens (tertiary/aromatic N) is 1. The van der Waals surface area contributed by atoms with Crippen LogP contribution in [0.5, 0.6) is 0 Å². The van der Waals surface area contributed by atoms with Gasteiger partial charge in [-0.25, -0.2) is 0 Å². The third-order valence-electron chi connectivity index (χ3n) is 10.9. The molecule has 55 heavy (non-hydrogen) atoms. The third-order valence-corrected chi connectivity index (χ3v) is 13.2. The van der Waals surface area contributed by atoms with Crippen LogP contribution in [0.25, 0.3) is 84.5 Å². The molecule has 0 fully saturated rings. The van der Waals surface area contributed by atoms with E-state index < -0.39 is 0 Å². The summed E-state index contributed by atoms with van der Waals surface area (Å²) in [6.07, 6.45) is 0. The molecule has 0 amide bonds. The number of anilines is 3. The molecular formula is C52H33NS2. The molecule has 0 aliphatic carbocycles. The lowest BCUT2D eigenvalue weighted by atomic mass is 9.96. The van der Waals surface area contributed by atoms with E-state index in [0.717, 1.165) is 17.1 Å². The lowest BCUT2D eigenvalue weighted by Crippen LogP contribution is -2.11. The first kappa shape index (κ1) is 32.0. The van der Waals surface area contributed by atoms with Gasteiger partial charge in [0.25, 0.3) is 0 Å². The van der Waals surface area contributed by atoms with Gasteiger partial charge >= 0.3 is 0 Å². The molecule has 0 bridgehead atoms. The molecule has 11 aromatic rings. The van der Waals surface area contributed by atoms with Crippen molar-refractivity contribution in [2.24, 2.45) is 0 Å². The second kappa shape index (κ2) is 13.1. The SMILES string of the molecule is c1ccc(N(c2ccc(-c3ccc4c(c3)sc3ccccc34)cc2)c2ccc(-c3cccc4ccccc34)cc2)c(-c2cccc3sc4ccccc4c23)c1. The van der Waals surface area contributed by atoms with Gasteiger partial charge in [0.1, 0.15) is 0 Å². The predicted molar refractivity (Wildman–Crippen MR) is 241 cm³/mol. The highest BCUT2D eigenvalue weighted by Crippen LogP contribution is 2.46. The second-order valence-electron chi connectivity index (χ2n) is 14.1. The number of para-hydroxylation sites is 1. The fraction of sp³-hybridized carbons (Fsp3) is 0. The summed E-state index contributed by atoms with van der Waals surface area (Å²) in [4.78, 5) is 2.43. The largest absolute Gasteiger partial charge is 0.310 e. The van der Waals surface area contributed by atoms with E-state index in [2.05, 4.69) is 205 Å². The van der Waals surface area contributed by atoms with Crippen molar-refractivity contribution in [3.05, 3.63) is 200 Å². The third kappa shape index (κ3) is 5.43. The smallest absolute Gasteiger partial charge is 0.0540 e. The zero-order chi connectivity index (χ0) is 36.3. The highest BCUT2D eigenvalue weighted by Gasteiger charge is 2.20. The van der Waals surface area contributed by atoms with Crippen LogP contribution in [0.2, 0.25) is 0 Å². The Balaban J connectivity index is 1.06. The lowest BCUT2D eigenvalue weighted by molar-refractivity contribution is 1.28. The Morgan fingerprint density at radius 2 is 0.836 bits per heavy atom. The molecule has 9 aromatic carbocycles. The molecule has 0 aliphatic rings. The van der Waals surface area contributed by atoms with E-state index in [9.17, 15) is 0 Å². The van der Waals surface area contributed by atoms with Crippen molar-refractivity contribution in [2.75, 3.05) is 4.90 Å². The fourth-order valence-corrected chi connectivity index (χ4v) is 10.6. The maximum Gasteiger partial charge on any atom is 0.0540 e. The van der Waals surface area contributed by atoms with Crippen molar-refractivity contribution in [1.29, 1.82) is 0 Å². The molecule has 2 aromatic heterocycles. The van der Waals surface area contributed by atoms with Gasteiger partial charge in [-0.3, -0.25) is 0 Å². The van der Waals surface area contributed by atoms with Gasteiger partial charge in [-0.05, 0) is 93.2 Å². The highest BCUT2D eigenvalue weighted by molar-refractivity contribution is 7.26. The summed E-state index contributed by atoms with van der Waals surface area (Å²) in [7, 11) is 0. The maximum atomic E-state index is 2.43. The molecule has 2 heterocycles. The zero-order valence-corrected chi connectivity index (χ0v) is 31.4. The Kier molecular flexibility index (Phi) is 7.61. The van der Waals surface area contributed by atoms with E-state index in [4.69, 9.17) is 0 Å². The Morgan fingerprint density at radius 1 is 0.309 bits per heavy atom. The van der Waals surface area contributed by atoms with E-state index in [1.54, 1.807) is 0 Å². The minimum atomic E-state index is 1.11. The Labute approximate surface area is 327 Å². The van der Waals surface area contributed by atoms with Crippen LogP contribution >= 0.6 is 22.7 Å². The first-order valence-electron chi connectivity index (χ1n) is 18.7. The topological polar surface area (TPSA) is 3.24 Å². The standard InChI is InChI=1S/C52H33NS2/c1-2-13-40-35(11-1)12-9-17-41(40)36-25-30-39(31-26-36)53(38-28-23-34(24-29-38)37-27-32-44-43-15-4-7-20-48(43)55-51(44)33-37)47-19-6-3-14-42(47)45-18-10-22-50-52(45)46-16-5-8-21-49(46)54-50/h1-33H. The normalized spacial score (nSPS) is 11.6. The Hall–Kier alpha value is -6.52. The number of fused-ring (bicyclic) bond motifs is 7. The average Bonchev–Trinajstić information content (AvgIpc) is 3.83. The van der Waals surface area contributed by atoms with Crippen LogP contribution in [-0.4, -0.2) is 0 Å². The van der Waals surface area contributed by atoms with Gasteiger partial charge in [0.05, 0.1) is 5.69 Å². The molecule has 3 heteroatoms. The molecule has 0 atom stereocenters. The van der Waals surface area contributed by atoms with Crippen molar-refractivity contribution < 1.29 is 0 Å². The van der Waals surface area contributed by atoms with E-state index in [1.807, 2.05) is 22.7 Å². The summed E-state index contributed by atoms with van der Waals surface area (Å²) in [5, 5.41) is 7.79. The average molecular weight is 736 g/mol. The molecule has 0 saturated carbocycles. The quantitative estimate of drug-likeness (QED) is 0.164. The minimum absolute atomic E-state index is 1.11. The molecule has 0 radical (unpaired) electrons. The van der Waals surface area contributed by atoms with Gasteiger partial charge in [0, 0.05) is 57.3 Å². The molecule has 0 saturated heterocycles.